The van der Waals surface area contributed by atoms with Gasteiger partial charge in [0.1, 0.15) is 11.8 Å². The molecule has 186 valence electrons. The van der Waals surface area contributed by atoms with Gasteiger partial charge in [-0.05, 0) is 48.7 Å². The van der Waals surface area contributed by atoms with Gasteiger partial charge < -0.3 is 14.8 Å². The number of anilines is 1. The molecule has 1 unspecified atom stereocenters. The monoisotopic (exact) mass is 489 g/mol. The number of sulfonamides is 1. The van der Waals surface area contributed by atoms with Crippen LogP contribution < -0.4 is 14.4 Å². The number of carbonyl (C=O) groups is 1. The Balaban J connectivity index is 1.64. The third-order valence-corrected chi connectivity index (χ3v) is 6.91. The van der Waals surface area contributed by atoms with Crippen LogP contribution in [0.15, 0.2) is 48.5 Å². The van der Waals surface area contributed by atoms with E-state index in [0.717, 1.165) is 44.7 Å². The molecule has 2 aromatic carbocycles. The van der Waals surface area contributed by atoms with Crippen LogP contribution >= 0.6 is 0 Å². The average Bonchev–Trinajstić information content (AvgIpc) is 2.82. The fourth-order valence-electron chi connectivity index (χ4n) is 4.00. The van der Waals surface area contributed by atoms with Crippen molar-refractivity contribution >= 4 is 21.6 Å². The summed E-state index contributed by atoms with van der Waals surface area (Å²) < 4.78 is 37.3. The summed E-state index contributed by atoms with van der Waals surface area (Å²) in [6, 6.07) is 14.0. The molecule has 8 nitrogen and oxygen atoms in total. The van der Waals surface area contributed by atoms with Crippen LogP contribution in [0, 0.1) is 0 Å². The molecule has 3 rings (SSSR count). The largest absolute Gasteiger partial charge is 0.494 e. The van der Waals surface area contributed by atoms with E-state index in [1.165, 1.54) is 9.87 Å². The van der Waals surface area contributed by atoms with E-state index in [1.54, 1.807) is 31.2 Å². The number of morpholine rings is 1. The van der Waals surface area contributed by atoms with Crippen molar-refractivity contribution in [3.8, 4) is 5.75 Å². The Hall–Kier alpha value is -2.62. The molecule has 1 saturated heterocycles. The molecule has 0 saturated carbocycles. The number of carbonyl (C=O) groups excluding carboxylic acids is 1. The molecule has 0 aliphatic carbocycles. The van der Waals surface area contributed by atoms with E-state index in [4.69, 9.17) is 9.47 Å². The molecule has 1 fully saturated rings. The maximum Gasteiger partial charge on any atom is 0.244 e. The number of hydrogen-bond donors (Lipinski definition) is 1. The molecule has 1 aliphatic heterocycles. The minimum Gasteiger partial charge on any atom is -0.494 e. The minimum atomic E-state index is -3.68. The zero-order chi connectivity index (χ0) is 24.6. The summed E-state index contributed by atoms with van der Waals surface area (Å²) in [4.78, 5) is 15.4. The quantitative estimate of drug-likeness (QED) is 0.522. The lowest BCUT2D eigenvalue weighted by Gasteiger charge is -2.30. The number of rotatable bonds is 11. The first-order chi connectivity index (χ1) is 16.3. The molecule has 1 heterocycles. The smallest absolute Gasteiger partial charge is 0.244 e. The first-order valence-electron chi connectivity index (χ1n) is 11.7. The maximum atomic E-state index is 13.0. The van der Waals surface area contributed by atoms with Gasteiger partial charge in [0.15, 0.2) is 0 Å². The Kier molecular flexibility index (Phi) is 9.32. The van der Waals surface area contributed by atoms with Gasteiger partial charge in [0, 0.05) is 26.2 Å². The van der Waals surface area contributed by atoms with E-state index in [9.17, 15) is 13.2 Å². The first-order valence-corrected chi connectivity index (χ1v) is 13.5. The van der Waals surface area contributed by atoms with Gasteiger partial charge in [-0.2, -0.15) is 0 Å². The van der Waals surface area contributed by atoms with Gasteiger partial charge in [-0.25, -0.2) is 8.42 Å². The second kappa shape index (κ2) is 12.2. The van der Waals surface area contributed by atoms with Crippen LogP contribution in [0.3, 0.4) is 0 Å². The van der Waals surface area contributed by atoms with Gasteiger partial charge >= 0.3 is 0 Å². The van der Waals surface area contributed by atoms with Crippen LogP contribution in [-0.2, 0) is 32.6 Å². The number of hydrogen-bond acceptors (Lipinski definition) is 6. The summed E-state index contributed by atoms with van der Waals surface area (Å²) in [6.07, 6.45) is 1.46. The number of nitrogens with zero attached hydrogens (tertiary/aromatic N) is 2. The third kappa shape index (κ3) is 7.19. The molecule has 0 bridgehead atoms. The lowest BCUT2D eigenvalue weighted by Crippen LogP contribution is -2.49. The van der Waals surface area contributed by atoms with Crippen molar-refractivity contribution < 1.29 is 22.7 Å². The number of benzene rings is 2. The number of ether oxygens (including phenoxy) is 2. The Morgan fingerprint density at radius 1 is 1.06 bits per heavy atom. The van der Waals surface area contributed by atoms with Crippen LogP contribution in [-0.4, -0.2) is 64.4 Å². The Labute approximate surface area is 202 Å². The fraction of sp³-hybridized carbons (Fsp3) is 0.480. The summed E-state index contributed by atoms with van der Waals surface area (Å²) in [5.41, 5.74) is 2.60. The lowest BCUT2D eigenvalue weighted by molar-refractivity contribution is -0.122. The summed E-state index contributed by atoms with van der Waals surface area (Å²) in [7, 11) is -3.68. The van der Waals surface area contributed by atoms with Crippen molar-refractivity contribution in [2.24, 2.45) is 0 Å². The second-order valence-corrected chi connectivity index (χ2v) is 10.2. The van der Waals surface area contributed by atoms with E-state index in [1.807, 2.05) is 19.1 Å². The van der Waals surface area contributed by atoms with Gasteiger partial charge in [0.05, 0.1) is 31.8 Å². The highest BCUT2D eigenvalue weighted by Crippen LogP contribution is 2.25. The van der Waals surface area contributed by atoms with Gasteiger partial charge in [0.25, 0.3) is 0 Å². The second-order valence-electron chi connectivity index (χ2n) is 8.33. The van der Waals surface area contributed by atoms with Gasteiger partial charge in [-0.3, -0.25) is 14.0 Å². The van der Waals surface area contributed by atoms with Crippen molar-refractivity contribution in [2.45, 2.75) is 39.4 Å². The van der Waals surface area contributed by atoms with Gasteiger partial charge in [-0.15, -0.1) is 0 Å². The topological polar surface area (TPSA) is 88.2 Å². The Morgan fingerprint density at radius 2 is 1.68 bits per heavy atom. The molecule has 0 radical (unpaired) electrons. The molecule has 1 aliphatic rings. The van der Waals surface area contributed by atoms with Crippen LogP contribution in [0.1, 0.15) is 31.4 Å². The van der Waals surface area contributed by atoms with Crippen molar-refractivity contribution in [3.63, 3.8) is 0 Å². The van der Waals surface area contributed by atoms with Crippen LogP contribution in [0.5, 0.6) is 5.75 Å². The summed E-state index contributed by atoms with van der Waals surface area (Å²) in [5.74, 6) is 0.313. The normalized spacial score (nSPS) is 15.5. The summed E-state index contributed by atoms with van der Waals surface area (Å²) >= 11 is 0. The molecule has 0 aromatic heterocycles. The molecular formula is C25H35N3O5S. The zero-order valence-corrected chi connectivity index (χ0v) is 21.0. The van der Waals surface area contributed by atoms with Crippen molar-refractivity contribution in [2.75, 3.05) is 43.5 Å². The average molecular weight is 490 g/mol. The highest BCUT2D eigenvalue weighted by atomic mass is 32.2. The molecule has 9 heteroatoms. The van der Waals surface area contributed by atoms with Gasteiger partial charge in [0.2, 0.25) is 15.9 Å². The SMILES string of the molecule is CCOc1ccc(N(C(CC)C(=O)NCc2ccc(CN3CCOCC3)cc2)S(C)(=O)=O)cc1. The van der Waals surface area contributed by atoms with E-state index in [0.29, 0.717) is 31.0 Å². The van der Waals surface area contributed by atoms with E-state index in [-0.39, 0.29) is 5.91 Å². The van der Waals surface area contributed by atoms with Crippen molar-refractivity contribution in [1.82, 2.24) is 10.2 Å². The Morgan fingerprint density at radius 3 is 2.24 bits per heavy atom. The molecule has 34 heavy (non-hydrogen) atoms. The number of nitrogens with one attached hydrogen (secondary N) is 1. The molecule has 1 atom stereocenters. The number of amides is 1. The minimum absolute atomic E-state index is 0.327. The summed E-state index contributed by atoms with van der Waals surface area (Å²) in [6.45, 7) is 8.80. The zero-order valence-electron chi connectivity index (χ0n) is 20.2. The molecule has 2 aromatic rings. The highest BCUT2D eigenvalue weighted by Gasteiger charge is 2.31. The van der Waals surface area contributed by atoms with E-state index >= 15 is 0 Å². The predicted octanol–water partition coefficient (Wildman–Crippen LogP) is 2.78. The van der Waals surface area contributed by atoms with Crippen molar-refractivity contribution in [1.29, 1.82) is 0 Å². The van der Waals surface area contributed by atoms with Gasteiger partial charge in [-0.1, -0.05) is 31.2 Å². The maximum absolute atomic E-state index is 13.0. The molecule has 0 spiro atoms. The Bertz CT molecular complexity index is 1020. The van der Waals surface area contributed by atoms with Crippen LogP contribution in [0.4, 0.5) is 5.69 Å². The molecule has 1 N–H and O–H groups in total. The van der Waals surface area contributed by atoms with E-state index < -0.39 is 16.1 Å². The van der Waals surface area contributed by atoms with Crippen LogP contribution in [0.25, 0.3) is 0 Å². The fourth-order valence-corrected chi connectivity index (χ4v) is 5.21. The van der Waals surface area contributed by atoms with Crippen LogP contribution in [0.2, 0.25) is 0 Å². The van der Waals surface area contributed by atoms with E-state index in [2.05, 4.69) is 22.3 Å². The summed E-state index contributed by atoms with van der Waals surface area (Å²) in [5, 5.41) is 2.91. The third-order valence-electron chi connectivity index (χ3n) is 5.73. The lowest BCUT2D eigenvalue weighted by atomic mass is 10.1. The standard InChI is InChI=1S/C25H35N3O5S/c1-4-24(28(34(3,30)31)22-10-12-23(13-11-22)33-5-2)25(29)26-18-20-6-8-21(9-7-20)19-27-14-16-32-17-15-27/h6-13,24H,4-5,14-19H2,1-3H3,(H,26,29). The first kappa shape index (κ1) is 26.0. The molecular weight excluding hydrogens is 454 g/mol. The highest BCUT2D eigenvalue weighted by molar-refractivity contribution is 7.92. The predicted molar refractivity (Wildman–Crippen MR) is 133 cm³/mol. The van der Waals surface area contributed by atoms with Crippen molar-refractivity contribution in [3.05, 3.63) is 59.7 Å². The molecule has 1 amide bonds.